The highest BCUT2D eigenvalue weighted by molar-refractivity contribution is 5.59. The Labute approximate surface area is 168 Å². The SMILES string of the molecule is CN1CCN(c2ccc(Nc3nccc(-c4nnc5ccccn45)n3)cn2)CC1. The minimum atomic E-state index is 0.490. The number of hydrogen-bond acceptors (Lipinski definition) is 8. The van der Waals surface area contributed by atoms with Gasteiger partial charge in [-0.2, -0.15) is 0 Å². The number of nitrogens with zero attached hydrogens (tertiary/aromatic N) is 8. The number of aromatic nitrogens is 6. The molecule has 0 aliphatic carbocycles. The summed E-state index contributed by atoms with van der Waals surface area (Å²) in [5.41, 5.74) is 2.31. The van der Waals surface area contributed by atoms with Gasteiger partial charge in [0.05, 0.1) is 11.9 Å². The third-order valence-electron chi connectivity index (χ3n) is 5.03. The predicted octanol–water partition coefficient (Wildman–Crippen LogP) is 2.08. The lowest BCUT2D eigenvalue weighted by Crippen LogP contribution is -2.44. The third-order valence-corrected chi connectivity index (χ3v) is 5.03. The molecule has 1 fully saturated rings. The van der Waals surface area contributed by atoms with Crippen molar-refractivity contribution in [3.8, 4) is 11.5 Å². The minimum absolute atomic E-state index is 0.490. The number of fused-ring (bicyclic) bond motifs is 1. The van der Waals surface area contributed by atoms with Crippen LogP contribution in [0.2, 0.25) is 0 Å². The van der Waals surface area contributed by atoms with Crippen molar-refractivity contribution in [2.75, 3.05) is 43.4 Å². The highest BCUT2D eigenvalue weighted by atomic mass is 15.3. The highest BCUT2D eigenvalue weighted by Crippen LogP contribution is 2.20. The van der Waals surface area contributed by atoms with Gasteiger partial charge in [-0.3, -0.25) is 4.40 Å². The fraction of sp³-hybridized carbons (Fsp3) is 0.250. The predicted molar refractivity (Wildman–Crippen MR) is 111 cm³/mol. The van der Waals surface area contributed by atoms with E-state index in [9.17, 15) is 0 Å². The normalized spacial score (nSPS) is 15.0. The number of pyridine rings is 2. The topological polar surface area (TPSA) is 87.4 Å². The number of rotatable bonds is 4. The highest BCUT2D eigenvalue weighted by Gasteiger charge is 2.15. The second kappa shape index (κ2) is 7.44. The van der Waals surface area contributed by atoms with Gasteiger partial charge in [-0.25, -0.2) is 15.0 Å². The molecule has 0 aromatic carbocycles. The van der Waals surface area contributed by atoms with Gasteiger partial charge in [-0.1, -0.05) is 6.07 Å². The molecule has 0 bridgehead atoms. The largest absolute Gasteiger partial charge is 0.354 e. The third kappa shape index (κ3) is 3.59. The molecule has 0 spiro atoms. The zero-order valence-corrected chi connectivity index (χ0v) is 16.1. The van der Waals surface area contributed by atoms with E-state index in [0.717, 1.165) is 43.3 Å². The summed E-state index contributed by atoms with van der Waals surface area (Å²) in [5.74, 6) is 2.16. The first-order chi connectivity index (χ1) is 14.3. The Morgan fingerprint density at radius 1 is 0.931 bits per heavy atom. The van der Waals surface area contributed by atoms with Crippen molar-refractivity contribution < 1.29 is 0 Å². The lowest BCUT2D eigenvalue weighted by atomic mass is 10.3. The second-order valence-electron chi connectivity index (χ2n) is 7.04. The van der Waals surface area contributed by atoms with E-state index in [1.807, 2.05) is 53.2 Å². The van der Waals surface area contributed by atoms with Crippen LogP contribution in [0.15, 0.2) is 55.0 Å². The smallest absolute Gasteiger partial charge is 0.227 e. The van der Waals surface area contributed by atoms with Gasteiger partial charge in [0.2, 0.25) is 5.95 Å². The molecule has 9 nitrogen and oxygen atoms in total. The van der Waals surface area contributed by atoms with Crippen molar-refractivity contribution >= 4 is 23.1 Å². The maximum Gasteiger partial charge on any atom is 0.227 e. The van der Waals surface area contributed by atoms with E-state index in [2.05, 4.69) is 47.3 Å². The summed E-state index contributed by atoms with van der Waals surface area (Å²) < 4.78 is 1.90. The maximum atomic E-state index is 4.60. The molecule has 29 heavy (non-hydrogen) atoms. The lowest BCUT2D eigenvalue weighted by Gasteiger charge is -2.33. The number of hydrogen-bond donors (Lipinski definition) is 1. The fourth-order valence-electron chi connectivity index (χ4n) is 3.37. The molecule has 4 aromatic heterocycles. The molecule has 0 amide bonds. The summed E-state index contributed by atoms with van der Waals surface area (Å²) in [4.78, 5) is 18.1. The van der Waals surface area contributed by atoms with E-state index in [4.69, 9.17) is 0 Å². The molecule has 1 saturated heterocycles. The number of piperazine rings is 1. The summed E-state index contributed by atoms with van der Waals surface area (Å²) in [5, 5.41) is 11.7. The quantitative estimate of drug-likeness (QED) is 0.570. The molecular weight excluding hydrogens is 366 g/mol. The summed E-state index contributed by atoms with van der Waals surface area (Å²) in [6, 6.07) is 11.6. The van der Waals surface area contributed by atoms with Gasteiger partial charge in [0.25, 0.3) is 0 Å². The van der Waals surface area contributed by atoms with Crippen molar-refractivity contribution in [3.05, 3.63) is 55.0 Å². The second-order valence-corrected chi connectivity index (χ2v) is 7.04. The van der Waals surface area contributed by atoms with E-state index in [-0.39, 0.29) is 0 Å². The van der Waals surface area contributed by atoms with Crippen molar-refractivity contribution in [2.45, 2.75) is 0 Å². The first kappa shape index (κ1) is 17.5. The molecule has 0 saturated carbocycles. The van der Waals surface area contributed by atoms with Crippen molar-refractivity contribution in [3.63, 3.8) is 0 Å². The van der Waals surface area contributed by atoms with E-state index in [1.165, 1.54) is 0 Å². The molecular formula is C20H21N9. The van der Waals surface area contributed by atoms with E-state index < -0.39 is 0 Å². The van der Waals surface area contributed by atoms with Gasteiger partial charge in [0, 0.05) is 38.6 Å². The number of nitrogens with one attached hydrogen (secondary N) is 1. The van der Waals surface area contributed by atoms with Crippen molar-refractivity contribution in [1.29, 1.82) is 0 Å². The first-order valence-electron chi connectivity index (χ1n) is 9.56. The Hall–Kier alpha value is -3.59. The molecule has 5 heterocycles. The van der Waals surface area contributed by atoms with Gasteiger partial charge in [-0.05, 0) is 37.4 Å². The van der Waals surface area contributed by atoms with E-state index in [1.54, 1.807) is 6.20 Å². The van der Waals surface area contributed by atoms with Crippen LogP contribution in [-0.2, 0) is 0 Å². The minimum Gasteiger partial charge on any atom is -0.354 e. The summed E-state index contributed by atoms with van der Waals surface area (Å²) in [6.07, 6.45) is 5.44. The molecule has 4 aromatic rings. The Morgan fingerprint density at radius 2 is 1.83 bits per heavy atom. The number of likely N-dealkylation sites (N-methyl/N-ethyl adjacent to an activating group) is 1. The van der Waals surface area contributed by atoms with Crippen LogP contribution < -0.4 is 10.2 Å². The Balaban J connectivity index is 1.34. The van der Waals surface area contributed by atoms with Crippen LogP contribution in [0.1, 0.15) is 0 Å². The number of anilines is 3. The van der Waals surface area contributed by atoms with Crippen LogP contribution in [0.5, 0.6) is 0 Å². The molecule has 1 aliphatic rings. The zero-order chi connectivity index (χ0) is 19.6. The monoisotopic (exact) mass is 387 g/mol. The molecule has 5 rings (SSSR count). The van der Waals surface area contributed by atoms with Gasteiger partial charge in [0.1, 0.15) is 11.5 Å². The van der Waals surface area contributed by atoms with Crippen molar-refractivity contribution in [2.24, 2.45) is 0 Å². The van der Waals surface area contributed by atoms with Crippen LogP contribution in [0.25, 0.3) is 17.2 Å². The summed E-state index contributed by atoms with van der Waals surface area (Å²) in [7, 11) is 2.15. The standard InChI is InChI=1S/C20H21N9/c1-27-10-12-28(13-11-27)17-6-5-15(14-22-17)23-20-21-8-7-16(24-20)19-26-25-18-4-2-3-9-29(18)19/h2-9,14H,10-13H2,1H3,(H,21,23,24). The average Bonchev–Trinajstić information content (AvgIpc) is 3.19. The zero-order valence-electron chi connectivity index (χ0n) is 16.1. The molecule has 0 atom stereocenters. The van der Waals surface area contributed by atoms with E-state index in [0.29, 0.717) is 17.5 Å². The first-order valence-corrected chi connectivity index (χ1v) is 9.56. The molecule has 0 unspecified atom stereocenters. The summed E-state index contributed by atoms with van der Waals surface area (Å²) in [6.45, 7) is 4.10. The van der Waals surface area contributed by atoms with Gasteiger partial charge >= 0.3 is 0 Å². The fourth-order valence-corrected chi connectivity index (χ4v) is 3.37. The molecule has 1 aliphatic heterocycles. The average molecular weight is 387 g/mol. The Bertz CT molecular complexity index is 1110. The lowest BCUT2D eigenvalue weighted by molar-refractivity contribution is 0.312. The van der Waals surface area contributed by atoms with Crippen LogP contribution in [0.3, 0.4) is 0 Å². The molecule has 146 valence electrons. The van der Waals surface area contributed by atoms with Crippen LogP contribution >= 0.6 is 0 Å². The van der Waals surface area contributed by atoms with Gasteiger partial charge in [0.15, 0.2) is 11.5 Å². The van der Waals surface area contributed by atoms with Crippen LogP contribution in [-0.4, -0.2) is 67.7 Å². The van der Waals surface area contributed by atoms with Crippen LogP contribution in [0, 0.1) is 0 Å². The van der Waals surface area contributed by atoms with Gasteiger partial charge < -0.3 is 15.1 Å². The molecule has 1 N–H and O–H groups in total. The van der Waals surface area contributed by atoms with Crippen LogP contribution in [0.4, 0.5) is 17.5 Å². The maximum absolute atomic E-state index is 4.60. The Morgan fingerprint density at radius 3 is 2.66 bits per heavy atom. The molecule has 9 heteroatoms. The molecule has 0 radical (unpaired) electrons. The van der Waals surface area contributed by atoms with Gasteiger partial charge in [-0.15, -0.1) is 10.2 Å². The van der Waals surface area contributed by atoms with Crippen molar-refractivity contribution in [1.82, 2.24) is 34.4 Å². The van der Waals surface area contributed by atoms with E-state index >= 15 is 0 Å². The summed E-state index contributed by atoms with van der Waals surface area (Å²) >= 11 is 0. The Kier molecular flexibility index (Phi) is 4.49.